The van der Waals surface area contributed by atoms with Crippen LogP contribution in [0.2, 0.25) is 0 Å². The number of nitrogens with two attached hydrogens (primary N) is 1. The quantitative estimate of drug-likeness (QED) is 0.291. The molecule has 1 aromatic rings. The first-order chi connectivity index (χ1) is 9.45. The molecule has 0 atom stereocenters. The zero-order valence-electron chi connectivity index (χ0n) is 11.5. The molecule has 0 aliphatic rings. The molecular formula is C12H19N5O3. The van der Waals surface area contributed by atoms with Crippen LogP contribution in [0.3, 0.4) is 0 Å². The van der Waals surface area contributed by atoms with E-state index in [4.69, 9.17) is 5.84 Å². The molecule has 0 bridgehead atoms. The summed E-state index contributed by atoms with van der Waals surface area (Å²) in [5.41, 5.74) is 2.55. The van der Waals surface area contributed by atoms with Crippen LogP contribution in [0, 0.1) is 10.1 Å². The lowest BCUT2D eigenvalue weighted by Crippen LogP contribution is -2.27. The summed E-state index contributed by atoms with van der Waals surface area (Å²) in [7, 11) is 3.87. The van der Waals surface area contributed by atoms with Gasteiger partial charge < -0.3 is 15.6 Å². The number of rotatable bonds is 7. The van der Waals surface area contributed by atoms with Gasteiger partial charge in [-0.1, -0.05) is 0 Å². The average Bonchev–Trinajstić information content (AvgIpc) is 2.42. The smallest absolute Gasteiger partial charge is 0.282 e. The monoisotopic (exact) mass is 281 g/mol. The van der Waals surface area contributed by atoms with Gasteiger partial charge in [0.1, 0.15) is 5.56 Å². The van der Waals surface area contributed by atoms with Gasteiger partial charge >= 0.3 is 0 Å². The summed E-state index contributed by atoms with van der Waals surface area (Å²) in [6.07, 6.45) is 0.765. The van der Waals surface area contributed by atoms with Crippen LogP contribution in [0.5, 0.6) is 0 Å². The van der Waals surface area contributed by atoms with Gasteiger partial charge in [-0.3, -0.25) is 20.8 Å². The Morgan fingerprint density at radius 1 is 1.45 bits per heavy atom. The molecule has 0 saturated heterocycles. The van der Waals surface area contributed by atoms with Crippen LogP contribution in [0.15, 0.2) is 18.2 Å². The Morgan fingerprint density at radius 3 is 2.70 bits per heavy atom. The number of hydrogen-bond acceptors (Lipinski definition) is 6. The maximum absolute atomic E-state index is 12.0. The number of hydrazine groups is 1. The molecule has 8 nitrogen and oxygen atoms in total. The number of hydrogen-bond donors (Lipinski definition) is 3. The van der Waals surface area contributed by atoms with Crippen molar-refractivity contribution in [1.29, 1.82) is 0 Å². The molecule has 1 rings (SSSR count). The summed E-state index contributed by atoms with van der Waals surface area (Å²) in [6.45, 7) is 1.28. The van der Waals surface area contributed by atoms with Gasteiger partial charge in [0.2, 0.25) is 0 Å². The molecule has 0 aromatic heterocycles. The van der Waals surface area contributed by atoms with Crippen LogP contribution < -0.4 is 16.6 Å². The molecule has 0 aliphatic heterocycles. The first-order valence-electron chi connectivity index (χ1n) is 6.13. The summed E-state index contributed by atoms with van der Waals surface area (Å²) in [5, 5.41) is 13.6. The lowest BCUT2D eigenvalue weighted by atomic mass is 10.1. The molecule has 1 amide bonds. The van der Waals surface area contributed by atoms with Crippen molar-refractivity contribution >= 4 is 17.3 Å². The zero-order valence-corrected chi connectivity index (χ0v) is 11.5. The highest BCUT2D eigenvalue weighted by Crippen LogP contribution is 2.22. The highest BCUT2D eigenvalue weighted by molar-refractivity contribution is 5.99. The zero-order chi connectivity index (χ0) is 15.1. The van der Waals surface area contributed by atoms with Crippen molar-refractivity contribution < 1.29 is 9.72 Å². The molecule has 8 heteroatoms. The van der Waals surface area contributed by atoms with Crippen LogP contribution in [0.25, 0.3) is 0 Å². The Kier molecular flexibility index (Phi) is 5.88. The predicted octanol–water partition coefficient (Wildman–Crippen LogP) is 0.562. The van der Waals surface area contributed by atoms with Crippen molar-refractivity contribution in [3.8, 4) is 0 Å². The van der Waals surface area contributed by atoms with Gasteiger partial charge in [0.15, 0.2) is 0 Å². The Labute approximate surface area is 117 Å². The summed E-state index contributed by atoms with van der Waals surface area (Å²) in [6, 6.07) is 4.06. The molecule has 0 unspecified atom stereocenters. The summed E-state index contributed by atoms with van der Waals surface area (Å²) in [5.74, 6) is 4.76. The third-order valence-corrected chi connectivity index (χ3v) is 2.67. The van der Waals surface area contributed by atoms with Crippen molar-refractivity contribution in [3.63, 3.8) is 0 Å². The van der Waals surface area contributed by atoms with Gasteiger partial charge in [-0.25, -0.2) is 0 Å². The lowest BCUT2D eigenvalue weighted by molar-refractivity contribution is -0.385. The summed E-state index contributed by atoms with van der Waals surface area (Å²) >= 11 is 0. The predicted molar refractivity (Wildman–Crippen MR) is 76.4 cm³/mol. The lowest BCUT2D eigenvalue weighted by Gasteiger charge is -2.10. The Balaban J connectivity index is 2.77. The van der Waals surface area contributed by atoms with Crippen molar-refractivity contribution in [2.24, 2.45) is 5.84 Å². The van der Waals surface area contributed by atoms with E-state index in [-0.39, 0.29) is 11.3 Å². The van der Waals surface area contributed by atoms with Gasteiger partial charge in [-0.05, 0) is 39.2 Å². The Morgan fingerprint density at radius 2 is 2.15 bits per heavy atom. The Hall–Kier alpha value is -2.19. The van der Waals surface area contributed by atoms with Gasteiger partial charge in [0.25, 0.3) is 11.6 Å². The maximum atomic E-state index is 12.0. The number of carbonyl (C=O) groups excluding carboxylic acids is 1. The molecular weight excluding hydrogens is 262 g/mol. The third kappa shape index (κ3) is 4.48. The Bertz CT molecular complexity index is 490. The van der Waals surface area contributed by atoms with E-state index >= 15 is 0 Å². The molecule has 110 valence electrons. The van der Waals surface area contributed by atoms with E-state index in [1.165, 1.54) is 18.2 Å². The van der Waals surface area contributed by atoms with Crippen molar-refractivity contribution in [3.05, 3.63) is 33.9 Å². The van der Waals surface area contributed by atoms with E-state index in [2.05, 4.69) is 10.7 Å². The average molecular weight is 281 g/mol. The van der Waals surface area contributed by atoms with E-state index in [0.29, 0.717) is 12.2 Å². The number of nitro benzene ring substituents is 1. The first-order valence-corrected chi connectivity index (χ1v) is 6.13. The second-order valence-corrected chi connectivity index (χ2v) is 4.55. The van der Waals surface area contributed by atoms with Crippen LogP contribution >= 0.6 is 0 Å². The van der Waals surface area contributed by atoms with Gasteiger partial charge in [-0.15, -0.1) is 0 Å². The molecule has 0 saturated carbocycles. The number of benzene rings is 1. The number of amides is 1. The van der Waals surface area contributed by atoms with Crippen molar-refractivity contribution in [2.45, 2.75) is 6.42 Å². The van der Waals surface area contributed by atoms with E-state index < -0.39 is 10.8 Å². The molecule has 1 aromatic carbocycles. The van der Waals surface area contributed by atoms with Crippen LogP contribution in [-0.2, 0) is 0 Å². The minimum atomic E-state index is -0.588. The standard InChI is InChI=1S/C12H19N5O3/c1-16(2)7-3-6-14-12(18)10-8-9(15-13)4-5-11(10)17(19)20/h4-5,8,15H,3,6-7,13H2,1-2H3,(H,14,18). The fraction of sp³-hybridized carbons (Fsp3) is 0.417. The van der Waals surface area contributed by atoms with Gasteiger partial charge in [0, 0.05) is 18.3 Å². The highest BCUT2D eigenvalue weighted by atomic mass is 16.6. The molecule has 0 aliphatic carbocycles. The second kappa shape index (κ2) is 7.41. The third-order valence-electron chi connectivity index (χ3n) is 2.67. The van der Waals surface area contributed by atoms with Crippen LogP contribution in [0.1, 0.15) is 16.8 Å². The molecule has 0 heterocycles. The van der Waals surface area contributed by atoms with Gasteiger partial charge in [-0.2, -0.15) is 0 Å². The van der Waals surface area contributed by atoms with Crippen molar-refractivity contribution in [1.82, 2.24) is 10.2 Å². The number of nitrogens with one attached hydrogen (secondary N) is 2. The number of nitro groups is 1. The fourth-order valence-electron chi connectivity index (χ4n) is 1.66. The maximum Gasteiger partial charge on any atom is 0.282 e. The number of carbonyl (C=O) groups is 1. The van der Waals surface area contributed by atoms with E-state index in [1.54, 1.807) is 0 Å². The molecule has 0 radical (unpaired) electrons. The number of nitrogen functional groups attached to an aromatic ring is 1. The fourth-order valence-corrected chi connectivity index (χ4v) is 1.66. The largest absolute Gasteiger partial charge is 0.352 e. The molecule has 0 fully saturated rings. The summed E-state index contributed by atoms with van der Waals surface area (Å²) < 4.78 is 0. The van der Waals surface area contributed by atoms with Crippen LogP contribution in [-0.4, -0.2) is 42.9 Å². The van der Waals surface area contributed by atoms with Crippen LogP contribution in [0.4, 0.5) is 11.4 Å². The normalized spacial score (nSPS) is 10.4. The first kappa shape index (κ1) is 15.9. The number of nitrogens with zero attached hydrogens (tertiary/aromatic N) is 2. The molecule has 4 N–H and O–H groups in total. The van der Waals surface area contributed by atoms with E-state index in [9.17, 15) is 14.9 Å². The topological polar surface area (TPSA) is 114 Å². The highest BCUT2D eigenvalue weighted by Gasteiger charge is 2.20. The van der Waals surface area contributed by atoms with E-state index in [1.807, 2.05) is 19.0 Å². The molecule has 20 heavy (non-hydrogen) atoms. The minimum Gasteiger partial charge on any atom is -0.352 e. The van der Waals surface area contributed by atoms with Gasteiger partial charge in [0.05, 0.1) is 4.92 Å². The summed E-state index contributed by atoms with van der Waals surface area (Å²) in [4.78, 5) is 24.3. The van der Waals surface area contributed by atoms with Crippen molar-refractivity contribution in [2.75, 3.05) is 32.6 Å². The molecule has 0 spiro atoms. The number of anilines is 1. The second-order valence-electron chi connectivity index (χ2n) is 4.55. The van der Waals surface area contributed by atoms with E-state index in [0.717, 1.165) is 13.0 Å². The minimum absolute atomic E-state index is 0.00435. The SMILES string of the molecule is CN(C)CCCNC(=O)c1cc(NN)ccc1[N+](=O)[O-].